The number of hydrogen-bond acceptors (Lipinski definition) is 4. The van der Waals surface area contributed by atoms with E-state index in [2.05, 4.69) is 15.1 Å². The summed E-state index contributed by atoms with van der Waals surface area (Å²) in [6.45, 7) is 0. The zero-order valence-electron chi connectivity index (χ0n) is 15.8. The van der Waals surface area contributed by atoms with Crippen LogP contribution in [0.25, 0.3) is 33.3 Å². The molecule has 0 aliphatic carbocycles. The fourth-order valence-corrected chi connectivity index (χ4v) is 3.75. The average Bonchev–Trinajstić information content (AvgIpc) is 3.29. The Morgan fingerprint density at radius 3 is 2.80 bits per heavy atom. The Balaban J connectivity index is 1.66. The number of carboxylic acids is 1. The third-order valence-electron chi connectivity index (χ3n) is 4.86. The summed E-state index contributed by atoms with van der Waals surface area (Å²) in [7, 11) is 1.83. The molecular formula is C22H15ClN4O3. The molecule has 7 nitrogen and oxygen atoms in total. The average molecular weight is 419 g/mol. The maximum Gasteiger partial charge on any atom is 0.337 e. The molecule has 5 rings (SSSR count). The monoisotopic (exact) mass is 418 g/mol. The van der Waals surface area contributed by atoms with Crippen molar-refractivity contribution in [2.75, 3.05) is 0 Å². The third kappa shape index (κ3) is 2.96. The Morgan fingerprint density at radius 1 is 1.17 bits per heavy atom. The first-order chi connectivity index (χ1) is 14.5. The van der Waals surface area contributed by atoms with Crippen molar-refractivity contribution < 1.29 is 14.6 Å². The number of pyridine rings is 1. The number of nitrogens with one attached hydrogen (secondary N) is 1. The van der Waals surface area contributed by atoms with Crippen molar-refractivity contribution in [1.82, 2.24) is 19.7 Å². The van der Waals surface area contributed by atoms with Crippen LogP contribution in [0.4, 0.5) is 0 Å². The Kier molecular flexibility index (Phi) is 4.18. The summed E-state index contributed by atoms with van der Waals surface area (Å²) < 4.78 is 7.80. The van der Waals surface area contributed by atoms with Crippen LogP contribution in [0.3, 0.4) is 0 Å². The van der Waals surface area contributed by atoms with E-state index in [-0.39, 0.29) is 5.56 Å². The molecule has 0 atom stereocenters. The SMILES string of the molecule is Cn1nc(-c2cc3nccc(C(=O)O)c3[nH]2)c2cccc(Oc3cccc(Cl)c3)c21. The number of H-pyrrole nitrogens is 1. The molecule has 30 heavy (non-hydrogen) atoms. The number of carbonyl (C=O) groups is 1. The first-order valence-corrected chi connectivity index (χ1v) is 9.49. The predicted molar refractivity (Wildman–Crippen MR) is 114 cm³/mol. The number of hydrogen-bond donors (Lipinski definition) is 2. The number of para-hydroxylation sites is 1. The summed E-state index contributed by atoms with van der Waals surface area (Å²) in [5.41, 5.74) is 3.35. The van der Waals surface area contributed by atoms with Crippen LogP contribution < -0.4 is 4.74 Å². The first-order valence-electron chi connectivity index (χ1n) is 9.12. The number of nitrogens with zero attached hydrogens (tertiary/aromatic N) is 3. The maximum atomic E-state index is 11.5. The van der Waals surface area contributed by atoms with Gasteiger partial charge in [0.25, 0.3) is 0 Å². The molecule has 0 fully saturated rings. The van der Waals surface area contributed by atoms with E-state index in [4.69, 9.17) is 16.3 Å². The summed E-state index contributed by atoms with van der Waals surface area (Å²) in [6.07, 6.45) is 1.48. The largest absolute Gasteiger partial charge is 0.478 e. The quantitative estimate of drug-likeness (QED) is 0.415. The topological polar surface area (TPSA) is 93.0 Å². The minimum absolute atomic E-state index is 0.163. The molecule has 2 aromatic carbocycles. The van der Waals surface area contributed by atoms with Crippen LogP contribution in [0.2, 0.25) is 5.02 Å². The standard InChI is InChI=1S/C22H15ClN4O3/c1-27-21-14(6-3-7-18(21)30-13-5-2-4-12(23)10-13)20(26-27)17-11-16-19(25-17)15(22(28)29)8-9-24-16/h2-11,25H,1H3,(H,28,29). The number of rotatable bonds is 4. The van der Waals surface area contributed by atoms with Crippen molar-refractivity contribution in [3.05, 3.63) is 71.4 Å². The van der Waals surface area contributed by atoms with Crippen LogP contribution in [-0.4, -0.2) is 30.8 Å². The lowest BCUT2D eigenvalue weighted by molar-refractivity contribution is 0.0698. The Hall–Kier alpha value is -3.84. The lowest BCUT2D eigenvalue weighted by Crippen LogP contribution is -1.97. The fraction of sp³-hybridized carbons (Fsp3) is 0.0455. The zero-order valence-corrected chi connectivity index (χ0v) is 16.5. The van der Waals surface area contributed by atoms with E-state index in [0.717, 1.165) is 10.9 Å². The molecular weight excluding hydrogens is 404 g/mol. The molecule has 2 N–H and O–H groups in total. The van der Waals surface area contributed by atoms with Gasteiger partial charge in [0.1, 0.15) is 17.0 Å². The van der Waals surface area contributed by atoms with Gasteiger partial charge in [0.15, 0.2) is 5.75 Å². The van der Waals surface area contributed by atoms with Gasteiger partial charge in [0.05, 0.1) is 22.3 Å². The van der Waals surface area contributed by atoms with Gasteiger partial charge in [0.2, 0.25) is 0 Å². The highest BCUT2D eigenvalue weighted by molar-refractivity contribution is 6.30. The Labute approximate surface area is 175 Å². The van der Waals surface area contributed by atoms with Gasteiger partial charge in [-0.1, -0.05) is 29.8 Å². The number of carboxylic acid groups (broad SMARTS) is 1. The van der Waals surface area contributed by atoms with Gasteiger partial charge in [-0.05, 0) is 36.4 Å². The molecule has 3 aromatic heterocycles. The number of aromatic amines is 1. The van der Waals surface area contributed by atoms with Gasteiger partial charge in [-0.2, -0.15) is 5.10 Å². The Bertz CT molecular complexity index is 1440. The van der Waals surface area contributed by atoms with Crippen molar-refractivity contribution >= 4 is 39.5 Å². The number of halogens is 1. The number of aryl methyl sites for hydroxylation is 1. The van der Waals surface area contributed by atoms with E-state index < -0.39 is 5.97 Å². The molecule has 8 heteroatoms. The van der Waals surface area contributed by atoms with Gasteiger partial charge in [-0.3, -0.25) is 9.67 Å². The number of aromatic carboxylic acids is 1. The van der Waals surface area contributed by atoms with Crippen molar-refractivity contribution in [3.63, 3.8) is 0 Å². The molecule has 0 bridgehead atoms. The molecule has 0 amide bonds. The summed E-state index contributed by atoms with van der Waals surface area (Å²) in [4.78, 5) is 19.0. The van der Waals surface area contributed by atoms with Crippen molar-refractivity contribution in [1.29, 1.82) is 0 Å². The van der Waals surface area contributed by atoms with Gasteiger partial charge >= 0.3 is 5.97 Å². The van der Waals surface area contributed by atoms with Crippen LogP contribution in [0.1, 0.15) is 10.4 Å². The smallest absolute Gasteiger partial charge is 0.337 e. The van der Waals surface area contributed by atoms with Crippen molar-refractivity contribution in [2.45, 2.75) is 0 Å². The van der Waals surface area contributed by atoms with E-state index in [9.17, 15) is 9.90 Å². The lowest BCUT2D eigenvalue weighted by atomic mass is 10.1. The van der Waals surface area contributed by atoms with Gasteiger partial charge < -0.3 is 14.8 Å². The molecule has 0 unspecified atom stereocenters. The van der Waals surface area contributed by atoms with E-state index in [1.165, 1.54) is 12.3 Å². The highest BCUT2D eigenvalue weighted by Gasteiger charge is 2.19. The van der Waals surface area contributed by atoms with E-state index in [1.807, 2.05) is 37.4 Å². The van der Waals surface area contributed by atoms with Gasteiger partial charge in [-0.15, -0.1) is 0 Å². The van der Waals surface area contributed by atoms with Crippen LogP contribution in [-0.2, 0) is 7.05 Å². The highest BCUT2D eigenvalue weighted by Crippen LogP contribution is 2.36. The first kappa shape index (κ1) is 18.2. The van der Waals surface area contributed by atoms with Crippen LogP contribution >= 0.6 is 11.6 Å². The number of benzene rings is 2. The fourth-order valence-electron chi connectivity index (χ4n) is 3.57. The normalized spacial score (nSPS) is 11.3. The van der Waals surface area contributed by atoms with Crippen molar-refractivity contribution in [3.8, 4) is 22.9 Å². The van der Waals surface area contributed by atoms with Gasteiger partial charge in [0, 0.05) is 23.7 Å². The molecule has 0 spiro atoms. The number of aromatic nitrogens is 4. The minimum atomic E-state index is -1.01. The second-order valence-electron chi connectivity index (χ2n) is 6.79. The minimum Gasteiger partial charge on any atom is -0.478 e. The summed E-state index contributed by atoms with van der Waals surface area (Å²) in [6, 6.07) is 16.1. The van der Waals surface area contributed by atoms with Crippen LogP contribution in [0.15, 0.2) is 60.8 Å². The summed E-state index contributed by atoms with van der Waals surface area (Å²) >= 11 is 6.07. The van der Waals surface area contributed by atoms with E-state index in [0.29, 0.717) is 38.9 Å². The van der Waals surface area contributed by atoms with Crippen molar-refractivity contribution in [2.24, 2.45) is 7.05 Å². The molecule has 0 saturated carbocycles. The molecule has 3 heterocycles. The zero-order chi connectivity index (χ0) is 20.8. The summed E-state index contributed by atoms with van der Waals surface area (Å²) in [5.74, 6) is 0.244. The maximum absolute atomic E-state index is 11.5. The molecule has 0 radical (unpaired) electrons. The van der Waals surface area contributed by atoms with E-state index >= 15 is 0 Å². The van der Waals surface area contributed by atoms with Crippen LogP contribution in [0.5, 0.6) is 11.5 Å². The second kappa shape index (κ2) is 6.89. The highest BCUT2D eigenvalue weighted by atomic mass is 35.5. The number of fused-ring (bicyclic) bond motifs is 2. The molecule has 0 aliphatic rings. The third-order valence-corrected chi connectivity index (χ3v) is 5.09. The second-order valence-corrected chi connectivity index (χ2v) is 7.23. The van der Waals surface area contributed by atoms with E-state index in [1.54, 1.807) is 22.9 Å². The van der Waals surface area contributed by atoms with Gasteiger partial charge in [-0.25, -0.2) is 4.79 Å². The lowest BCUT2D eigenvalue weighted by Gasteiger charge is -2.08. The molecule has 0 saturated heterocycles. The predicted octanol–water partition coefficient (Wildman–Crippen LogP) is 5.26. The molecule has 5 aromatic rings. The summed E-state index contributed by atoms with van der Waals surface area (Å²) in [5, 5.41) is 15.5. The Morgan fingerprint density at radius 2 is 2.00 bits per heavy atom. The number of ether oxygens (including phenoxy) is 1. The van der Waals surface area contributed by atoms with Crippen LogP contribution in [0, 0.1) is 0 Å². The molecule has 0 aliphatic heterocycles. The molecule has 148 valence electrons.